The van der Waals surface area contributed by atoms with Crippen molar-refractivity contribution in [3.63, 3.8) is 0 Å². The van der Waals surface area contributed by atoms with Gasteiger partial charge in [-0.3, -0.25) is 28.8 Å². The molecular formula is C33H46ClN5O7. The van der Waals surface area contributed by atoms with Gasteiger partial charge in [-0.15, -0.1) is 0 Å². The first-order valence-corrected chi connectivity index (χ1v) is 16.7. The molecule has 0 bridgehead atoms. The molecule has 13 heteroatoms. The third kappa shape index (κ3) is 9.43. The summed E-state index contributed by atoms with van der Waals surface area (Å²) in [5.74, 6) is -3.35. The van der Waals surface area contributed by atoms with Crippen molar-refractivity contribution in [1.29, 1.82) is 0 Å². The number of rotatable bonds is 15. The lowest BCUT2D eigenvalue weighted by Gasteiger charge is -2.35. The molecule has 1 saturated heterocycles. The van der Waals surface area contributed by atoms with E-state index in [1.807, 2.05) is 6.92 Å². The van der Waals surface area contributed by atoms with Gasteiger partial charge in [0.2, 0.25) is 17.7 Å². The highest BCUT2D eigenvalue weighted by Gasteiger charge is 2.42. The number of ether oxygens (including phenoxy) is 1. The fraction of sp³-hybridized carbons (Fsp3) is 0.636. The second-order valence-electron chi connectivity index (χ2n) is 12.7. The Morgan fingerprint density at radius 3 is 2.24 bits per heavy atom. The van der Waals surface area contributed by atoms with Crippen molar-refractivity contribution >= 4 is 47.1 Å². The van der Waals surface area contributed by atoms with Crippen LogP contribution in [0.2, 0.25) is 5.02 Å². The van der Waals surface area contributed by atoms with Crippen LogP contribution in [0.25, 0.3) is 0 Å². The second kappa shape index (κ2) is 16.2. The highest BCUT2D eigenvalue weighted by Crippen LogP contribution is 2.30. The fourth-order valence-electron chi connectivity index (χ4n) is 6.37. The number of hydrogen-bond acceptors (Lipinski definition) is 7. The molecule has 0 aromatic heterocycles. The van der Waals surface area contributed by atoms with Crippen LogP contribution in [0.3, 0.4) is 0 Å². The highest BCUT2D eigenvalue weighted by atomic mass is 35.5. The van der Waals surface area contributed by atoms with Crippen molar-refractivity contribution in [3.05, 3.63) is 34.9 Å². The van der Waals surface area contributed by atoms with Crippen LogP contribution in [0.5, 0.6) is 0 Å². The Kier molecular flexibility index (Phi) is 12.4. The van der Waals surface area contributed by atoms with Gasteiger partial charge in [-0.05, 0) is 75.1 Å². The summed E-state index contributed by atoms with van der Waals surface area (Å²) >= 11 is 5.99. The normalized spacial score (nSPS) is 20.5. The third-order valence-corrected chi connectivity index (χ3v) is 9.33. The first kappa shape index (κ1) is 35.2. The van der Waals surface area contributed by atoms with Crippen molar-refractivity contribution in [1.82, 2.24) is 26.2 Å². The molecule has 46 heavy (non-hydrogen) atoms. The number of hydrogen-bond donors (Lipinski definition) is 4. The molecule has 1 unspecified atom stereocenters. The van der Waals surface area contributed by atoms with Gasteiger partial charge in [0.1, 0.15) is 12.1 Å². The molecule has 1 heterocycles. The van der Waals surface area contributed by atoms with Gasteiger partial charge in [0.15, 0.2) is 6.10 Å². The molecule has 1 aliphatic heterocycles. The Labute approximate surface area is 275 Å². The zero-order valence-electron chi connectivity index (χ0n) is 26.8. The Hall–Kier alpha value is -3.67. The lowest BCUT2D eigenvalue weighted by Crippen LogP contribution is -2.59. The minimum Gasteiger partial charge on any atom is -0.450 e. The van der Waals surface area contributed by atoms with E-state index < -0.39 is 59.7 Å². The van der Waals surface area contributed by atoms with Crippen LogP contribution in [-0.2, 0) is 28.7 Å². The van der Waals surface area contributed by atoms with Gasteiger partial charge in [0, 0.05) is 43.1 Å². The minimum absolute atomic E-state index is 0.0242. The molecular weight excluding hydrogens is 614 g/mol. The molecule has 3 aliphatic rings. The van der Waals surface area contributed by atoms with Gasteiger partial charge >= 0.3 is 5.97 Å². The molecule has 0 radical (unpaired) electrons. The molecule has 3 fully saturated rings. The summed E-state index contributed by atoms with van der Waals surface area (Å²) < 4.78 is 5.46. The molecule has 0 spiro atoms. The maximum atomic E-state index is 14.1. The molecule has 5 amide bonds. The van der Waals surface area contributed by atoms with Gasteiger partial charge in [-0.2, -0.15) is 0 Å². The van der Waals surface area contributed by atoms with E-state index in [2.05, 4.69) is 21.3 Å². The first-order chi connectivity index (χ1) is 22.0. The summed E-state index contributed by atoms with van der Waals surface area (Å²) in [7, 11) is 1.54. The number of nitrogens with zero attached hydrogens (tertiary/aromatic N) is 1. The predicted molar refractivity (Wildman–Crippen MR) is 171 cm³/mol. The third-order valence-electron chi connectivity index (χ3n) is 9.08. The topological polar surface area (TPSA) is 163 Å². The summed E-state index contributed by atoms with van der Waals surface area (Å²) in [6.07, 6.45) is 5.11. The van der Waals surface area contributed by atoms with Crippen LogP contribution in [0.15, 0.2) is 24.3 Å². The average molecular weight is 660 g/mol. The summed E-state index contributed by atoms with van der Waals surface area (Å²) in [5, 5.41) is 11.9. The van der Waals surface area contributed by atoms with Gasteiger partial charge in [-0.25, -0.2) is 0 Å². The lowest BCUT2D eigenvalue weighted by atomic mass is 9.93. The van der Waals surface area contributed by atoms with Crippen molar-refractivity contribution < 1.29 is 33.5 Å². The van der Waals surface area contributed by atoms with Crippen molar-refractivity contribution in [2.75, 3.05) is 13.6 Å². The van der Waals surface area contributed by atoms with Crippen LogP contribution in [0.1, 0.15) is 88.4 Å². The van der Waals surface area contributed by atoms with E-state index in [4.69, 9.17) is 16.3 Å². The number of nitrogens with one attached hydrogen (secondary N) is 4. The Morgan fingerprint density at radius 2 is 1.67 bits per heavy atom. The van der Waals surface area contributed by atoms with Gasteiger partial charge < -0.3 is 30.9 Å². The maximum absolute atomic E-state index is 14.1. The largest absolute Gasteiger partial charge is 0.450 e. The Bertz CT molecular complexity index is 1280. The SMILES string of the molecule is CCC[C@@H](C(=O)N[C@@H](C[C@@H]1CCNC1=O)C(OC(C)=O)C(=O)NC1CC1)N(C)C(=O)[C@H](NC(=O)c1ccc(Cl)cc1)C1CCCC1. The quantitative estimate of drug-likeness (QED) is 0.210. The van der Waals surface area contributed by atoms with Crippen molar-refractivity contribution in [3.8, 4) is 0 Å². The Morgan fingerprint density at radius 1 is 1.00 bits per heavy atom. The van der Waals surface area contributed by atoms with Crippen molar-refractivity contribution in [2.45, 2.75) is 108 Å². The maximum Gasteiger partial charge on any atom is 0.303 e. The van der Waals surface area contributed by atoms with Crippen LogP contribution < -0.4 is 21.3 Å². The monoisotopic (exact) mass is 659 g/mol. The summed E-state index contributed by atoms with van der Waals surface area (Å²) in [6.45, 7) is 3.55. The van der Waals surface area contributed by atoms with Gasteiger partial charge in [-0.1, -0.05) is 37.8 Å². The fourth-order valence-corrected chi connectivity index (χ4v) is 6.49. The average Bonchev–Trinajstić information content (AvgIpc) is 3.48. The van der Waals surface area contributed by atoms with E-state index in [-0.39, 0.29) is 24.3 Å². The van der Waals surface area contributed by atoms with E-state index in [0.717, 1.165) is 38.5 Å². The molecule has 1 aromatic rings. The number of likely N-dealkylation sites (N-methyl/N-ethyl adjacent to an activating group) is 1. The highest BCUT2D eigenvalue weighted by molar-refractivity contribution is 6.30. The molecule has 252 valence electrons. The first-order valence-electron chi connectivity index (χ1n) is 16.4. The summed E-state index contributed by atoms with van der Waals surface area (Å²) in [5.41, 5.74) is 0.366. The smallest absolute Gasteiger partial charge is 0.303 e. The molecule has 2 aliphatic carbocycles. The van der Waals surface area contributed by atoms with Crippen molar-refractivity contribution in [2.24, 2.45) is 11.8 Å². The zero-order chi connectivity index (χ0) is 33.4. The molecule has 2 saturated carbocycles. The van der Waals surface area contributed by atoms with Crippen LogP contribution in [0.4, 0.5) is 0 Å². The summed E-state index contributed by atoms with van der Waals surface area (Å²) in [4.78, 5) is 80.6. The van der Waals surface area contributed by atoms with Crippen LogP contribution in [0, 0.1) is 11.8 Å². The number of carbonyl (C=O) groups is 6. The molecule has 5 atom stereocenters. The molecule has 4 rings (SSSR count). The minimum atomic E-state index is -1.36. The Balaban J connectivity index is 1.56. The van der Waals surface area contributed by atoms with Crippen LogP contribution >= 0.6 is 11.6 Å². The van der Waals surface area contributed by atoms with Gasteiger partial charge in [0.25, 0.3) is 11.8 Å². The van der Waals surface area contributed by atoms with Crippen LogP contribution in [-0.4, -0.2) is 84.3 Å². The van der Waals surface area contributed by atoms with E-state index in [0.29, 0.717) is 36.4 Å². The molecule has 1 aromatic carbocycles. The number of esters is 1. The molecule has 12 nitrogen and oxygen atoms in total. The number of amides is 5. The van der Waals surface area contributed by atoms with E-state index >= 15 is 0 Å². The predicted octanol–water partition coefficient (Wildman–Crippen LogP) is 2.48. The van der Waals surface area contributed by atoms with Gasteiger partial charge in [0.05, 0.1) is 6.04 Å². The lowest BCUT2D eigenvalue weighted by molar-refractivity contribution is -0.157. The standard InChI is InChI=1S/C33H46ClN5O7/c1-4-7-26(39(3)33(45)27(20-8-5-6-9-20)38-30(42)21-10-12-23(34)13-11-21)31(43)37-25(18-22-16-17-35-29(22)41)28(46-19(2)40)32(44)36-24-14-15-24/h10-13,20,22,24-28H,4-9,14-18H2,1-3H3,(H,35,41)(H,36,44)(H,37,43)(H,38,42)/t22-,25-,26-,27+,28?/m0/s1. The van der Waals surface area contributed by atoms with E-state index in [1.165, 1.54) is 11.8 Å². The van der Waals surface area contributed by atoms with E-state index in [1.54, 1.807) is 31.3 Å². The van der Waals surface area contributed by atoms with E-state index in [9.17, 15) is 28.8 Å². The number of carbonyl (C=O) groups excluding carboxylic acids is 6. The number of halogens is 1. The second-order valence-corrected chi connectivity index (χ2v) is 13.1. The zero-order valence-corrected chi connectivity index (χ0v) is 27.6. The summed E-state index contributed by atoms with van der Waals surface area (Å²) in [6, 6.07) is 3.57. The molecule has 4 N–H and O–H groups in total. The number of benzene rings is 1.